The van der Waals surface area contributed by atoms with Crippen molar-refractivity contribution < 1.29 is 0 Å². The lowest BCUT2D eigenvalue weighted by molar-refractivity contribution is 0.799. The Labute approximate surface area is 137 Å². The molecule has 22 heavy (non-hydrogen) atoms. The smallest absolute Gasteiger partial charge is 0.292 e. The van der Waals surface area contributed by atoms with Crippen LogP contribution < -0.4 is 14.3 Å². The number of hydrogen-bond donors (Lipinski definition) is 0. The molecule has 0 N–H and O–H groups in total. The van der Waals surface area contributed by atoms with Gasteiger partial charge in [0.15, 0.2) is 0 Å². The van der Waals surface area contributed by atoms with E-state index in [-0.39, 0.29) is 0 Å². The largest absolute Gasteiger partial charge is 0.390 e. The molecule has 0 aliphatic heterocycles. The zero-order valence-electron chi connectivity index (χ0n) is 12.6. The van der Waals surface area contributed by atoms with Crippen molar-refractivity contribution in [2.45, 2.75) is 6.54 Å². The summed E-state index contributed by atoms with van der Waals surface area (Å²) in [5.41, 5.74) is 2.44. The van der Waals surface area contributed by atoms with Crippen LogP contribution in [0.15, 0.2) is 60.7 Å². The zero-order valence-corrected chi connectivity index (χ0v) is 14.3. The second-order valence-corrected chi connectivity index (χ2v) is 7.21. The molecule has 3 aromatic rings. The van der Waals surface area contributed by atoms with Gasteiger partial charge in [0.2, 0.25) is 0 Å². The molecule has 1 heterocycles. The minimum Gasteiger partial charge on any atom is -0.292 e. The van der Waals surface area contributed by atoms with Crippen LogP contribution in [0.1, 0.15) is 5.56 Å². The van der Waals surface area contributed by atoms with Gasteiger partial charge in [0.1, 0.15) is 0 Å². The lowest BCUT2D eigenvalue weighted by Gasteiger charge is -2.19. The van der Waals surface area contributed by atoms with Crippen molar-refractivity contribution in [1.82, 2.24) is 9.56 Å². The third-order valence-corrected chi connectivity index (χ3v) is 5.54. The lowest BCUT2D eigenvalue weighted by Crippen LogP contribution is -2.22. The molecule has 3 nitrogen and oxygen atoms in total. The van der Waals surface area contributed by atoms with E-state index in [0.29, 0.717) is 0 Å². The van der Waals surface area contributed by atoms with Gasteiger partial charge in [0.05, 0.1) is 20.6 Å². The Morgan fingerprint density at radius 3 is 2.14 bits per heavy atom. The number of nitrogens with zero attached hydrogens (tertiary/aromatic N) is 3. The van der Waals surface area contributed by atoms with Crippen LogP contribution in [0.5, 0.6) is 0 Å². The van der Waals surface area contributed by atoms with Gasteiger partial charge in [-0.15, -0.1) is 0 Å². The fourth-order valence-corrected chi connectivity index (χ4v) is 4.37. The third kappa shape index (κ3) is 3.43. The van der Waals surface area contributed by atoms with Crippen LogP contribution in [0, 0.1) is 0 Å². The molecule has 5 heteroatoms. The van der Waals surface area contributed by atoms with Gasteiger partial charge >= 0.3 is 9.93 Å². The summed E-state index contributed by atoms with van der Waals surface area (Å²) < 4.78 is 2.05. The third-order valence-electron chi connectivity index (χ3n) is 3.25. The van der Waals surface area contributed by atoms with Crippen LogP contribution in [-0.2, 0) is 6.54 Å². The van der Waals surface area contributed by atoms with Crippen LogP contribution in [0.2, 0.25) is 0 Å². The summed E-state index contributed by atoms with van der Waals surface area (Å²) in [6.07, 6.45) is 0. The molecular formula is C17H18N3S2+. The molecular weight excluding hydrogens is 310 g/mol. The van der Waals surface area contributed by atoms with Gasteiger partial charge in [0.25, 0.3) is 0 Å². The average Bonchev–Trinajstić information content (AvgIpc) is 3.04. The first-order valence-electron chi connectivity index (χ1n) is 7.08. The normalized spacial score (nSPS) is 10.5. The van der Waals surface area contributed by atoms with Crippen LogP contribution in [0.25, 0.3) is 0 Å². The maximum absolute atomic E-state index is 4.77. The molecule has 0 saturated heterocycles. The standard InChI is InChI=1S/C17H18N3S2/c1-19(2)16-18-17(22-21-16)20(15-11-7-4-8-12-15)13-14-9-5-3-6-10-14/h3-12H,13H2,1-2H3/q+1. The average molecular weight is 328 g/mol. The van der Waals surface area contributed by atoms with E-state index < -0.39 is 0 Å². The quantitative estimate of drug-likeness (QED) is 0.539. The number of hydrogen-bond acceptors (Lipinski definition) is 4. The molecule has 2 aromatic carbocycles. The van der Waals surface area contributed by atoms with Gasteiger partial charge in [-0.3, -0.25) is 9.48 Å². The molecule has 0 aliphatic carbocycles. The Morgan fingerprint density at radius 1 is 0.909 bits per heavy atom. The van der Waals surface area contributed by atoms with Crippen molar-refractivity contribution in [3.05, 3.63) is 71.0 Å². The van der Waals surface area contributed by atoms with E-state index >= 15 is 0 Å². The van der Waals surface area contributed by atoms with E-state index in [1.807, 2.05) is 26.2 Å². The summed E-state index contributed by atoms with van der Waals surface area (Å²) in [6, 6.07) is 20.9. The Hall–Kier alpha value is -1.98. The van der Waals surface area contributed by atoms with Crippen LogP contribution in [0.4, 0.5) is 10.8 Å². The SMILES string of the molecule is C[N+](C)=c1nc(N(Cc2ccccc2)c2ccccc2)ss1. The van der Waals surface area contributed by atoms with E-state index in [2.05, 4.69) is 58.0 Å². The molecule has 0 radical (unpaired) electrons. The maximum Gasteiger partial charge on any atom is 0.390 e. The van der Waals surface area contributed by atoms with Crippen LogP contribution in [-0.4, -0.2) is 19.1 Å². The molecule has 0 fully saturated rings. The molecule has 0 aliphatic rings. The Kier molecular flexibility index (Phi) is 4.65. The molecule has 0 spiro atoms. The zero-order chi connectivity index (χ0) is 15.4. The van der Waals surface area contributed by atoms with Gasteiger partial charge in [-0.25, -0.2) is 0 Å². The summed E-state index contributed by atoms with van der Waals surface area (Å²) in [6.45, 7) is 0.817. The fourth-order valence-electron chi connectivity index (χ4n) is 2.12. The fraction of sp³-hybridized carbons (Fsp3) is 0.176. The summed E-state index contributed by atoms with van der Waals surface area (Å²) in [5, 5.41) is 1.03. The van der Waals surface area contributed by atoms with Crippen molar-refractivity contribution in [3.8, 4) is 0 Å². The molecule has 0 bridgehead atoms. The van der Waals surface area contributed by atoms with Gasteiger partial charge in [-0.1, -0.05) is 48.5 Å². The molecule has 3 rings (SSSR count). The molecule has 0 atom stereocenters. The topological polar surface area (TPSA) is 19.1 Å². The van der Waals surface area contributed by atoms with Crippen LogP contribution >= 0.6 is 20.7 Å². The van der Waals surface area contributed by atoms with Crippen molar-refractivity contribution in [3.63, 3.8) is 0 Å². The first kappa shape index (κ1) is 14.9. The lowest BCUT2D eigenvalue weighted by atomic mass is 10.2. The Bertz CT molecular complexity index is 787. The van der Waals surface area contributed by atoms with Crippen molar-refractivity contribution in [1.29, 1.82) is 0 Å². The highest BCUT2D eigenvalue weighted by Crippen LogP contribution is 2.29. The number of anilines is 2. The van der Waals surface area contributed by atoms with E-state index in [0.717, 1.165) is 16.5 Å². The summed E-state index contributed by atoms with van der Waals surface area (Å²) in [4.78, 5) is 8.07. The van der Waals surface area contributed by atoms with Crippen molar-refractivity contribution >= 4 is 31.5 Å². The van der Waals surface area contributed by atoms with Gasteiger partial charge in [0, 0.05) is 21.0 Å². The van der Waals surface area contributed by atoms with E-state index in [9.17, 15) is 0 Å². The highest BCUT2D eigenvalue weighted by molar-refractivity contribution is 7.69. The molecule has 0 unspecified atom stereocenters. The van der Waals surface area contributed by atoms with Gasteiger partial charge in [-0.2, -0.15) is 0 Å². The van der Waals surface area contributed by atoms with E-state index in [1.54, 1.807) is 20.7 Å². The molecule has 0 saturated carbocycles. The number of aromatic nitrogens is 1. The molecule has 1 aromatic heterocycles. The number of para-hydroxylation sites is 1. The van der Waals surface area contributed by atoms with Crippen molar-refractivity contribution in [2.75, 3.05) is 19.0 Å². The van der Waals surface area contributed by atoms with Gasteiger partial charge < -0.3 is 0 Å². The maximum atomic E-state index is 4.77. The van der Waals surface area contributed by atoms with Crippen LogP contribution in [0.3, 0.4) is 0 Å². The minimum atomic E-state index is 0.817. The second kappa shape index (κ2) is 6.85. The minimum absolute atomic E-state index is 0.817. The summed E-state index contributed by atoms with van der Waals surface area (Å²) in [5.74, 6) is 0. The predicted molar refractivity (Wildman–Crippen MR) is 95.8 cm³/mol. The Morgan fingerprint density at radius 2 is 1.55 bits per heavy atom. The number of rotatable bonds is 4. The second-order valence-electron chi connectivity index (χ2n) is 5.15. The number of benzene rings is 2. The molecule has 112 valence electrons. The monoisotopic (exact) mass is 328 g/mol. The first-order valence-corrected chi connectivity index (χ1v) is 9.23. The highest BCUT2D eigenvalue weighted by Gasteiger charge is 2.19. The van der Waals surface area contributed by atoms with Gasteiger partial charge in [-0.05, 0) is 28.0 Å². The first-order chi connectivity index (χ1) is 10.7. The van der Waals surface area contributed by atoms with E-state index in [4.69, 9.17) is 4.98 Å². The predicted octanol–water partition coefficient (Wildman–Crippen LogP) is 3.57. The Balaban J connectivity index is 2.01. The summed E-state index contributed by atoms with van der Waals surface area (Å²) in [7, 11) is 7.48. The highest BCUT2D eigenvalue weighted by atomic mass is 32.9. The van der Waals surface area contributed by atoms with E-state index in [1.165, 1.54) is 11.3 Å². The molecule has 0 amide bonds. The summed E-state index contributed by atoms with van der Waals surface area (Å²) >= 11 is 0. The van der Waals surface area contributed by atoms with Crippen molar-refractivity contribution in [2.24, 2.45) is 0 Å².